The van der Waals surface area contributed by atoms with E-state index in [4.69, 9.17) is 0 Å². The third kappa shape index (κ3) is 7.62. The van der Waals surface area contributed by atoms with Gasteiger partial charge < -0.3 is 5.11 Å². The summed E-state index contributed by atoms with van der Waals surface area (Å²) in [5, 5.41) is 26.0. The van der Waals surface area contributed by atoms with E-state index >= 15 is 0 Å². The maximum atomic E-state index is 12.4. The molecule has 3 aromatic carbocycles. The van der Waals surface area contributed by atoms with Crippen molar-refractivity contribution in [2.75, 3.05) is 5.75 Å². The number of hydrazone groups is 1. The molecule has 0 aliphatic heterocycles. The summed E-state index contributed by atoms with van der Waals surface area (Å²) in [5.74, 6) is 1.10. The third-order valence-electron chi connectivity index (χ3n) is 6.10. The van der Waals surface area contributed by atoms with E-state index in [0.29, 0.717) is 5.75 Å². The molecule has 0 saturated carbocycles. The van der Waals surface area contributed by atoms with Crippen molar-refractivity contribution in [1.29, 1.82) is 0 Å². The first-order chi connectivity index (χ1) is 18.4. The fourth-order valence-corrected chi connectivity index (χ4v) is 6.90. The van der Waals surface area contributed by atoms with Gasteiger partial charge in [-0.3, -0.25) is 4.79 Å². The molecule has 0 unspecified atom stereocenters. The van der Waals surface area contributed by atoms with Gasteiger partial charge >= 0.3 is 0 Å². The van der Waals surface area contributed by atoms with Crippen LogP contribution in [0.25, 0.3) is 10.8 Å². The minimum Gasteiger partial charge on any atom is -0.507 e. The number of aromatic hydroxyl groups is 1. The fraction of sp³-hybridized carbons (Fsp3) is 0.333. The summed E-state index contributed by atoms with van der Waals surface area (Å²) in [4.78, 5) is 12.4. The van der Waals surface area contributed by atoms with Crippen molar-refractivity contribution in [1.82, 2.24) is 15.6 Å². The topological polar surface area (TPSA) is 87.5 Å². The second-order valence-corrected chi connectivity index (χ2v) is 14.7. The molecule has 0 aliphatic carbocycles. The summed E-state index contributed by atoms with van der Waals surface area (Å²) in [6.45, 7) is 12.4. The molecule has 0 bridgehead atoms. The maximum absolute atomic E-state index is 12.4. The lowest BCUT2D eigenvalue weighted by molar-refractivity contribution is -0.118. The second kappa shape index (κ2) is 12.1. The van der Waals surface area contributed by atoms with Crippen LogP contribution in [0.4, 0.5) is 0 Å². The number of rotatable bonds is 8. The fourth-order valence-electron chi connectivity index (χ4n) is 4.08. The van der Waals surface area contributed by atoms with Crippen molar-refractivity contribution in [2.24, 2.45) is 5.10 Å². The van der Waals surface area contributed by atoms with Gasteiger partial charge in [0.15, 0.2) is 8.68 Å². The molecular formula is C30H34N4O2S3. The summed E-state index contributed by atoms with van der Waals surface area (Å²) in [6.07, 6.45) is 1.62. The number of aromatic nitrogens is 2. The first kappa shape index (κ1) is 29.1. The first-order valence-electron chi connectivity index (χ1n) is 12.7. The van der Waals surface area contributed by atoms with Crippen LogP contribution in [-0.2, 0) is 21.4 Å². The molecule has 4 aromatic rings. The van der Waals surface area contributed by atoms with Gasteiger partial charge in [-0.05, 0) is 44.9 Å². The molecular weight excluding hydrogens is 545 g/mol. The van der Waals surface area contributed by atoms with Gasteiger partial charge in [0.1, 0.15) is 5.75 Å². The lowest BCUT2D eigenvalue weighted by Crippen LogP contribution is -2.20. The van der Waals surface area contributed by atoms with Crippen molar-refractivity contribution < 1.29 is 9.90 Å². The molecule has 1 aromatic heterocycles. The Hall–Kier alpha value is -2.88. The molecule has 9 heteroatoms. The summed E-state index contributed by atoms with van der Waals surface area (Å²) in [6, 6.07) is 18.6. The minimum atomic E-state index is -0.235. The van der Waals surface area contributed by atoms with E-state index in [-0.39, 0.29) is 22.5 Å². The standard InChI is InChI=1S/C30H34N4O2S3/c1-29(2,3)23-14-19(15-24(26(23)36)30(4,5)6)16-31-32-25(35)18-38-28-34-33-27(39-28)37-17-21-12-9-11-20-10-7-8-13-22(20)21/h7-16,36H,17-18H2,1-6H3,(H,32,35)/b31-16+. The van der Waals surface area contributed by atoms with Crippen LogP contribution in [0.5, 0.6) is 5.75 Å². The van der Waals surface area contributed by atoms with Crippen LogP contribution >= 0.6 is 34.9 Å². The van der Waals surface area contributed by atoms with Crippen LogP contribution in [0.15, 0.2) is 68.4 Å². The number of carbonyl (C=O) groups is 1. The van der Waals surface area contributed by atoms with E-state index in [9.17, 15) is 9.90 Å². The Bertz CT molecular complexity index is 1460. The molecule has 2 N–H and O–H groups in total. The number of phenolic OH excluding ortho intramolecular Hbond substituents is 1. The lowest BCUT2D eigenvalue weighted by atomic mass is 9.78. The van der Waals surface area contributed by atoms with Gasteiger partial charge in [0.2, 0.25) is 0 Å². The van der Waals surface area contributed by atoms with Crippen molar-refractivity contribution in [3.63, 3.8) is 0 Å². The second-order valence-electron chi connectivity index (χ2n) is 11.3. The zero-order valence-corrected chi connectivity index (χ0v) is 25.6. The predicted molar refractivity (Wildman–Crippen MR) is 165 cm³/mol. The summed E-state index contributed by atoms with van der Waals surface area (Å²) in [5.41, 5.74) is 5.92. The van der Waals surface area contributed by atoms with Crippen LogP contribution in [-0.4, -0.2) is 33.2 Å². The van der Waals surface area contributed by atoms with Crippen LogP contribution in [0, 0.1) is 0 Å². The Labute approximate surface area is 242 Å². The number of nitrogens with one attached hydrogen (secondary N) is 1. The van der Waals surface area contributed by atoms with Crippen LogP contribution in [0.3, 0.4) is 0 Å². The molecule has 0 radical (unpaired) electrons. The predicted octanol–water partition coefficient (Wildman–Crippen LogP) is 7.53. The van der Waals surface area contributed by atoms with Gasteiger partial charge in [-0.15, -0.1) is 10.2 Å². The minimum absolute atomic E-state index is 0.190. The molecule has 4 rings (SSSR count). The van der Waals surface area contributed by atoms with E-state index in [2.05, 4.69) is 98.7 Å². The van der Waals surface area contributed by atoms with E-state index < -0.39 is 0 Å². The number of carbonyl (C=O) groups excluding carboxylic acids is 1. The molecule has 204 valence electrons. The molecule has 39 heavy (non-hydrogen) atoms. The van der Waals surface area contributed by atoms with E-state index in [1.807, 2.05) is 18.2 Å². The van der Waals surface area contributed by atoms with Crippen LogP contribution in [0.1, 0.15) is 63.8 Å². The highest BCUT2D eigenvalue weighted by atomic mass is 32.2. The number of amides is 1. The van der Waals surface area contributed by atoms with Gasteiger partial charge in [0.05, 0.1) is 12.0 Å². The zero-order chi connectivity index (χ0) is 28.2. The molecule has 1 heterocycles. The quantitative estimate of drug-likeness (QED) is 0.128. The largest absolute Gasteiger partial charge is 0.507 e. The highest BCUT2D eigenvalue weighted by molar-refractivity contribution is 8.03. The normalized spacial score (nSPS) is 12.4. The van der Waals surface area contributed by atoms with Crippen molar-refractivity contribution in [3.8, 4) is 5.75 Å². The van der Waals surface area contributed by atoms with Crippen LogP contribution < -0.4 is 5.43 Å². The Kier molecular flexibility index (Phi) is 9.03. The molecule has 0 aliphatic rings. The van der Waals surface area contributed by atoms with Gasteiger partial charge in [-0.2, -0.15) is 5.10 Å². The van der Waals surface area contributed by atoms with E-state index in [1.165, 1.54) is 39.4 Å². The molecule has 0 atom stereocenters. The van der Waals surface area contributed by atoms with Crippen molar-refractivity contribution >= 4 is 57.8 Å². The van der Waals surface area contributed by atoms with E-state index in [1.54, 1.807) is 18.0 Å². The monoisotopic (exact) mass is 578 g/mol. The number of hydrogen-bond donors (Lipinski definition) is 2. The molecule has 6 nitrogen and oxygen atoms in total. The highest BCUT2D eigenvalue weighted by Crippen LogP contribution is 2.39. The molecule has 1 amide bonds. The number of phenols is 1. The Morgan fingerprint density at radius 3 is 2.23 bits per heavy atom. The van der Waals surface area contributed by atoms with Crippen LogP contribution in [0.2, 0.25) is 0 Å². The van der Waals surface area contributed by atoms with Crippen molar-refractivity contribution in [2.45, 2.75) is 66.8 Å². The number of benzene rings is 3. The summed E-state index contributed by atoms with van der Waals surface area (Å²) >= 11 is 4.49. The Balaban J connectivity index is 1.32. The molecule has 0 fully saturated rings. The maximum Gasteiger partial charge on any atom is 0.250 e. The number of nitrogens with zero attached hydrogens (tertiary/aromatic N) is 3. The SMILES string of the molecule is CC(C)(C)c1cc(/C=N/NC(=O)CSc2nnc(SCc3cccc4ccccc34)s2)cc(C(C)(C)C)c1O. The summed E-state index contributed by atoms with van der Waals surface area (Å²) in [7, 11) is 0. The zero-order valence-electron chi connectivity index (χ0n) is 23.1. The van der Waals surface area contributed by atoms with Gasteiger partial charge in [-0.25, -0.2) is 5.43 Å². The van der Waals surface area contributed by atoms with Gasteiger partial charge in [-0.1, -0.05) is 119 Å². The number of fused-ring (bicyclic) bond motifs is 1. The average molecular weight is 579 g/mol. The molecule has 0 spiro atoms. The highest BCUT2D eigenvalue weighted by Gasteiger charge is 2.26. The Morgan fingerprint density at radius 2 is 1.56 bits per heavy atom. The Morgan fingerprint density at radius 1 is 0.949 bits per heavy atom. The average Bonchev–Trinajstić information content (AvgIpc) is 3.33. The van der Waals surface area contributed by atoms with Crippen molar-refractivity contribution in [3.05, 3.63) is 76.9 Å². The smallest absolute Gasteiger partial charge is 0.250 e. The van der Waals surface area contributed by atoms with Gasteiger partial charge in [0.25, 0.3) is 5.91 Å². The first-order valence-corrected chi connectivity index (χ1v) is 15.5. The number of hydrogen-bond acceptors (Lipinski definition) is 8. The van der Waals surface area contributed by atoms with E-state index in [0.717, 1.165) is 31.1 Å². The lowest BCUT2D eigenvalue weighted by Gasteiger charge is -2.27. The number of thioether (sulfide) groups is 2. The summed E-state index contributed by atoms with van der Waals surface area (Å²) < 4.78 is 1.62. The molecule has 0 saturated heterocycles. The van der Waals surface area contributed by atoms with Gasteiger partial charge in [0, 0.05) is 16.9 Å². The third-order valence-corrected chi connectivity index (χ3v) is 9.34.